The van der Waals surface area contributed by atoms with Crippen molar-refractivity contribution < 1.29 is 19.4 Å². The van der Waals surface area contributed by atoms with E-state index in [2.05, 4.69) is 0 Å². The van der Waals surface area contributed by atoms with Crippen LogP contribution in [0.15, 0.2) is 12.1 Å². The second-order valence-corrected chi connectivity index (χ2v) is 6.72. The average Bonchev–Trinajstić information content (AvgIpc) is 3.07. The Morgan fingerprint density at radius 2 is 2.00 bits per heavy atom. The minimum atomic E-state index is -0.599. The van der Waals surface area contributed by atoms with Crippen molar-refractivity contribution >= 4 is 5.97 Å². The fourth-order valence-electron chi connectivity index (χ4n) is 2.82. The molecule has 1 saturated carbocycles. The normalized spacial score (nSPS) is 19.1. The summed E-state index contributed by atoms with van der Waals surface area (Å²) in [6, 6.07) is 3.46. The van der Waals surface area contributed by atoms with Crippen molar-refractivity contribution in [1.82, 2.24) is 0 Å². The molecule has 0 radical (unpaired) electrons. The zero-order chi connectivity index (χ0) is 14.5. The van der Waals surface area contributed by atoms with Crippen LogP contribution in [-0.2, 0) is 10.2 Å². The Labute approximate surface area is 118 Å². The molecule has 0 aromatic heterocycles. The number of esters is 1. The molecule has 4 nitrogen and oxygen atoms in total. The lowest BCUT2D eigenvalue weighted by Crippen LogP contribution is -2.26. The minimum absolute atomic E-state index is 0.0734. The van der Waals surface area contributed by atoms with E-state index in [0.29, 0.717) is 12.4 Å². The van der Waals surface area contributed by atoms with Crippen LogP contribution in [0.3, 0.4) is 0 Å². The molecule has 0 bridgehead atoms. The number of hydrogen-bond donors (Lipinski definition) is 1. The molecule has 1 aromatic rings. The lowest BCUT2D eigenvalue weighted by molar-refractivity contribution is 0.00618. The molecule has 1 aliphatic heterocycles. The van der Waals surface area contributed by atoms with Gasteiger partial charge in [-0.05, 0) is 46.1 Å². The highest BCUT2D eigenvalue weighted by Crippen LogP contribution is 2.57. The van der Waals surface area contributed by atoms with Crippen LogP contribution in [0.25, 0.3) is 0 Å². The standard InChI is InChI=1S/C16H20O4/c1-15(2,3)20-14(18)12-11(17)5-4-10-13(12)19-9-8-16(10)6-7-16/h4-5,17H,6-9H2,1-3H3. The molecular weight excluding hydrogens is 256 g/mol. The molecule has 4 heteroatoms. The van der Waals surface area contributed by atoms with Gasteiger partial charge >= 0.3 is 5.97 Å². The Hall–Kier alpha value is -1.71. The van der Waals surface area contributed by atoms with Crippen LogP contribution >= 0.6 is 0 Å². The first kappa shape index (κ1) is 13.3. The predicted octanol–water partition coefficient (Wildman–Crippen LogP) is 3.16. The van der Waals surface area contributed by atoms with Crippen molar-refractivity contribution in [2.24, 2.45) is 0 Å². The van der Waals surface area contributed by atoms with Gasteiger partial charge in [0.05, 0.1) is 6.61 Å². The zero-order valence-electron chi connectivity index (χ0n) is 12.2. The largest absolute Gasteiger partial charge is 0.507 e. The van der Waals surface area contributed by atoms with E-state index in [1.807, 2.05) is 6.07 Å². The highest BCUT2D eigenvalue weighted by Gasteiger charge is 2.49. The number of aromatic hydroxyl groups is 1. The highest BCUT2D eigenvalue weighted by molar-refractivity contribution is 5.96. The van der Waals surface area contributed by atoms with Gasteiger partial charge in [-0.1, -0.05) is 6.07 Å². The summed E-state index contributed by atoms with van der Waals surface area (Å²) < 4.78 is 11.1. The van der Waals surface area contributed by atoms with Crippen molar-refractivity contribution in [2.75, 3.05) is 6.61 Å². The summed E-state index contributed by atoms with van der Waals surface area (Å²) >= 11 is 0. The summed E-state index contributed by atoms with van der Waals surface area (Å²) in [4.78, 5) is 12.3. The SMILES string of the molecule is CC(C)(C)OC(=O)c1c(O)ccc2c1OCCC21CC1. The van der Waals surface area contributed by atoms with Crippen LogP contribution in [-0.4, -0.2) is 23.3 Å². The van der Waals surface area contributed by atoms with Gasteiger partial charge in [0.15, 0.2) is 0 Å². The predicted molar refractivity (Wildman–Crippen MR) is 74.3 cm³/mol. The van der Waals surface area contributed by atoms with Crippen LogP contribution in [0.4, 0.5) is 0 Å². The van der Waals surface area contributed by atoms with Gasteiger partial charge in [0.25, 0.3) is 0 Å². The van der Waals surface area contributed by atoms with Crippen molar-refractivity contribution in [2.45, 2.75) is 51.0 Å². The summed E-state index contributed by atoms with van der Waals surface area (Å²) in [5, 5.41) is 10.0. The first-order chi connectivity index (χ1) is 9.32. The van der Waals surface area contributed by atoms with E-state index in [1.54, 1.807) is 26.8 Å². The third-order valence-electron chi connectivity index (χ3n) is 3.99. The smallest absolute Gasteiger partial charge is 0.346 e. The summed E-state index contributed by atoms with van der Waals surface area (Å²) in [6.45, 7) is 6.01. The van der Waals surface area contributed by atoms with E-state index in [9.17, 15) is 9.90 Å². The lowest BCUT2D eigenvalue weighted by atomic mass is 9.88. The van der Waals surface area contributed by atoms with E-state index in [4.69, 9.17) is 9.47 Å². The molecule has 1 aliphatic carbocycles. The van der Waals surface area contributed by atoms with E-state index < -0.39 is 11.6 Å². The van der Waals surface area contributed by atoms with Gasteiger partial charge in [0.2, 0.25) is 0 Å². The molecule has 0 atom stereocenters. The van der Waals surface area contributed by atoms with E-state index in [-0.39, 0.29) is 16.7 Å². The van der Waals surface area contributed by atoms with Gasteiger partial charge in [-0.15, -0.1) is 0 Å². The van der Waals surface area contributed by atoms with Gasteiger partial charge in [0, 0.05) is 11.0 Å². The molecule has 2 aliphatic rings. The molecule has 1 aromatic carbocycles. The maximum Gasteiger partial charge on any atom is 0.346 e. The Kier molecular flexibility index (Phi) is 2.75. The molecule has 108 valence electrons. The van der Waals surface area contributed by atoms with Gasteiger partial charge in [-0.2, -0.15) is 0 Å². The van der Waals surface area contributed by atoms with E-state index in [1.165, 1.54) is 0 Å². The molecular formula is C16H20O4. The first-order valence-electron chi connectivity index (χ1n) is 7.05. The quantitative estimate of drug-likeness (QED) is 0.800. The van der Waals surface area contributed by atoms with Gasteiger partial charge in [-0.3, -0.25) is 0 Å². The van der Waals surface area contributed by atoms with Crippen LogP contribution in [0, 0.1) is 0 Å². The Morgan fingerprint density at radius 1 is 1.30 bits per heavy atom. The molecule has 1 heterocycles. The Bertz CT molecular complexity index is 565. The maximum atomic E-state index is 12.3. The number of carbonyl (C=O) groups is 1. The molecule has 0 saturated heterocycles. The van der Waals surface area contributed by atoms with Crippen molar-refractivity contribution in [3.05, 3.63) is 23.3 Å². The molecule has 1 spiro atoms. The molecule has 1 fully saturated rings. The fraction of sp³-hybridized carbons (Fsp3) is 0.562. The number of benzene rings is 1. The third-order valence-corrected chi connectivity index (χ3v) is 3.99. The van der Waals surface area contributed by atoms with Gasteiger partial charge < -0.3 is 14.6 Å². The lowest BCUT2D eigenvalue weighted by Gasteiger charge is -2.28. The second kappa shape index (κ2) is 4.14. The van der Waals surface area contributed by atoms with E-state index >= 15 is 0 Å². The number of phenolic OH excluding ortho intramolecular Hbond substituents is 1. The second-order valence-electron chi connectivity index (χ2n) is 6.72. The molecule has 3 rings (SSSR count). The van der Waals surface area contributed by atoms with Gasteiger partial charge in [0.1, 0.15) is 22.7 Å². The van der Waals surface area contributed by atoms with Crippen molar-refractivity contribution in [1.29, 1.82) is 0 Å². The third kappa shape index (κ3) is 2.13. The van der Waals surface area contributed by atoms with Crippen LogP contribution in [0.5, 0.6) is 11.5 Å². The highest BCUT2D eigenvalue weighted by atomic mass is 16.6. The minimum Gasteiger partial charge on any atom is -0.507 e. The van der Waals surface area contributed by atoms with Crippen LogP contribution in [0.2, 0.25) is 0 Å². The topological polar surface area (TPSA) is 55.8 Å². The zero-order valence-corrected chi connectivity index (χ0v) is 12.2. The molecule has 20 heavy (non-hydrogen) atoms. The van der Waals surface area contributed by atoms with Crippen molar-refractivity contribution in [3.8, 4) is 11.5 Å². The molecule has 0 amide bonds. The molecule has 0 unspecified atom stereocenters. The average molecular weight is 276 g/mol. The van der Waals surface area contributed by atoms with Gasteiger partial charge in [-0.25, -0.2) is 4.79 Å². The monoisotopic (exact) mass is 276 g/mol. The summed E-state index contributed by atoms with van der Waals surface area (Å²) in [5.41, 5.74) is 0.779. The molecule has 1 N–H and O–H groups in total. The number of carbonyl (C=O) groups excluding carboxylic acids is 1. The first-order valence-corrected chi connectivity index (χ1v) is 7.05. The van der Waals surface area contributed by atoms with E-state index in [0.717, 1.165) is 24.8 Å². The number of fused-ring (bicyclic) bond motifs is 2. The fourth-order valence-corrected chi connectivity index (χ4v) is 2.82. The van der Waals surface area contributed by atoms with Crippen LogP contribution in [0.1, 0.15) is 56.0 Å². The maximum absolute atomic E-state index is 12.3. The summed E-state index contributed by atoms with van der Waals surface area (Å²) in [7, 11) is 0. The Morgan fingerprint density at radius 3 is 2.60 bits per heavy atom. The summed E-state index contributed by atoms with van der Waals surface area (Å²) in [6.07, 6.45) is 3.24. The number of ether oxygens (including phenoxy) is 2. The summed E-state index contributed by atoms with van der Waals surface area (Å²) in [5.74, 6) is -0.0803. The number of rotatable bonds is 1. The number of phenols is 1. The van der Waals surface area contributed by atoms with Crippen LogP contribution < -0.4 is 4.74 Å². The Balaban J connectivity index is 2.05. The number of hydrogen-bond acceptors (Lipinski definition) is 4. The van der Waals surface area contributed by atoms with Crippen molar-refractivity contribution in [3.63, 3.8) is 0 Å².